The number of rotatable bonds is 4. The third kappa shape index (κ3) is 2.73. The van der Waals surface area contributed by atoms with Gasteiger partial charge in [-0.2, -0.15) is 0 Å². The molecule has 0 radical (unpaired) electrons. The van der Waals surface area contributed by atoms with Gasteiger partial charge in [0.1, 0.15) is 5.75 Å². The molecule has 14 heavy (non-hydrogen) atoms. The molecule has 0 aliphatic rings. The van der Waals surface area contributed by atoms with Gasteiger partial charge in [0, 0.05) is 19.9 Å². The molecule has 0 saturated carbocycles. The Balaban J connectivity index is 2.78. The van der Waals surface area contributed by atoms with Crippen molar-refractivity contribution in [3.63, 3.8) is 0 Å². The number of hydrogen-bond donors (Lipinski definition) is 2. The van der Waals surface area contributed by atoms with Crippen LogP contribution in [-0.4, -0.2) is 19.3 Å². The summed E-state index contributed by atoms with van der Waals surface area (Å²) in [5, 5.41) is 11.6. The lowest BCUT2D eigenvalue weighted by molar-refractivity contribution is 0.281. The highest BCUT2D eigenvalue weighted by molar-refractivity contribution is 7.55. The predicted molar refractivity (Wildman–Crippen MR) is 53.4 cm³/mol. The predicted octanol–water partition coefficient (Wildman–Crippen LogP) is 2.21. The Morgan fingerprint density at radius 3 is 2.14 bits per heavy atom. The first-order valence-electron chi connectivity index (χ1n) is 3.88. The Hall–Kier alpha value is -1.03. The molecule has 0 bridgehead atoms. The van der Waals surface area contributed by atoms with E-state index in [1.807, 2.05) is 0 Å². The number of phenolic OH excluding ortho intramolecular Hbond substituents is 1. The van der Waals surface area contributed by atoms with Crippen LogP contribution < -0.4 is 5.09 Å². The maximum Gasteiger partial charge on any atom is 0.432 e. The van der Waals surface area contributed by atoms with E-state index in [1.165, 1.54) is 26.4 Å². The first-order valence-corrected chi connectivity index (χ1v) is 5.43. The molecule has 0 aliphatic heterocycles. The summed E-state index contributed by atoms with van der Waals surface area (Å²) >= 11 is 0. The van der Waals surface area contributed by atoms with Gasteiger partial charge in [0.25, 0.3) is 0 Å². The molecule has 1 aromatic carbocycles. The highest BCUT2D eigenvalue weighted by Crippen LogP contribution is 2.45. The van der Waals surface area contributed by atoms with E-state index >= 15 is 0 Å². The molecule has 1 aromatic rings. The van der Waals surface area contributed by atoms with Crippen LogP contribution in [0.4, 0.5) is 5.69 Å². The summed E-state index contributed by atoms with van der Waals surface area (Å²) in [7, 11) is -0.671. The van der Waals surface area contributed by atoms with Crippen molar-refractivity contribution < 1.29 is 18.7 Å². The van der Waals surface area contributed by atoms with Gasteiger partial charge in [-0.1, -0.05) is 0 Å². The fourth-order valence-corrected chi connectivity index (χ4v) is 1.66. The van der Waals surface area contributed by atoms with Crippen LogP contribution in [0.15, 0.2) is 24.3 Å². The molecular formula is C8H12NO4P. The van der Waals surface area contributed by atoms with Crippen molar-refractivity contribution >= 4 is 13.4 Å². The van der Waals surface area contributed by atoms with Gasteiger partial charge < -0.3 is 5.11 Å². The van der Waals surface area contributed by atoms with E-state index in [4.69, 9.17) is 5.11 Å². The normalized spacial score (nSPS) is 11.3. The smallest absolute Gasteiger partial charge is 0.432 e. The van der Waals surface area contributed by atoms with Crippen molar-refractivity contribution in [2.24, 2.45) is 0 Å². The summed E-state index contributed by atoms with van der Waals surface area (Å²) in [6.45, 7) is 0. The van der Waals surface area contributed by atoms with E-state index in [1.54, 1.807) is 12.1 Å². The van der Waals surface area contributed by atoms with E-state index in [0.29, 0.717) is 5.69 Å². The molecule has 2 N–H and O–H groups in total. The molecule has 0 amide bonds. The topological polar surface area (TPSA) is 67.8 Å². The van der Waals surface area contributed by atoms with Gasteiger partial charge in [0.15, 0.2) is 0 Å². The maximum atomic E-state index is 11.6. The number of anilines is 1. The molecule has 0 fully saturated rings. The molecule has 0 spiro atoms. The van der Waals surface area contributed by atoms with Crippen molar-refractivity contribution in [1.82, 2.24) is 0 Å². The molecular weight excluding hydrogens is 205 g/mol. The largest absolute Gasteiger partial charge is 0.508 e. The zero-order valence-electron chi connectivity index (χ0n) is 7.93. The SMILES string of the molecule is COP(=O)(Nc1ccc(O)cc1)OC. The molecule has 0 unspecified atom stereocenters. The van der Waals surface area contributed by atoms with Gasteiger partial charge >= 0.3 is 7.75 Å². The summed E-state index contributed by atoms with van der Waals surface area (Å²) in [5.41, 5.74) is 0.551. The Morgan fingerprint density at radius 2 is 1.71 bits per heavy atom. The molecule has 5 nitrogen and oxygen atoms in total. The molecule has 78 valence electrons. The first kappa shape index (κ1) is 11.0. The summed E-state index contributed by atoms with van der Waals surface area (Å²) in [5.74, 6) is 0.139. The molecule has 0 aliphatic carbocycles. The van der Waals surface area contributed by atoms with Crippen LogP contribution in [0.2, 0.25) is 0 Å². The zero-order chi connectivity index (χ0) is 10.6. The Kier molecular flexibility index (Phi) is 3.52. The van der Waals surface area contributed by atoms with Gasteiger partial charge in [-0.05, 0) is 24.3 Å². The average Bonchev–Trinajstić information content (AvgIpc) is 2.21. The van der Waals surface area contributed by atoms with E-state index in [2.05, 4.69) is 14.1 Å². The van der Waals surface area contributed by atoms with Crippen LogP contribution in [-0.2, 0) is 13.6 Å². The molecule has 0 heterocycles. The number of nitrogens with one attached hydrogen (secondary N) is 1. The first-order chi connectivity index (χ1) is 6.59. The van der Waals surface area contributed by atoms with Gasteiger partial charge in [0.05, 0.1) is 0 Å². The third-order valence-electron chi connectivity index (χ3n) is 1.61. The zero-order valence-corrected chi connectivity index (χ0v) is 8.82. The second kappa shape index (κ2) is 4.46. The van der Waals surface area contributed by atoms with E-state index in [9.17, 15) is 4.57 Å². The lowest BCUT2D eigenvalue weighted by atomic mass is 10.3. The third-order valence-corrected chi connectivity index (χ3v) is 3.11. The summed E-state index contributed by atoms with van der Waals surface area (Å²) in [6, 6.07) is 6.08. The van der Waals surface area contributed by atoms with Crippen LogP contribution >= 0.6 is 7.75 Å². The highest BCUT2D eigenvalue weighted by atomic mass is 31.2. The van der Waals surface area contributed by atoms with Crippen LogP contribution in [0.5, 0.6) is 5.75 Å². The standard InChI is InChI=1S/C8H12NO4P/c1-12-14(11,13-2)9-7-3-5-8(10)6-4-7/h3-6,10H,1-2H3,(H,9,11). The van der Waals surface area contributed by atoms with Crippen molar-refractivity contribution in [2.45, 2.75) is 0 Å². The molecule has 0 atom stereocenters. The van der Waals surface area contributed by atoms with Crippen molar-refractivity contribution in [3.8, 4) is 5.75 Å². The molecule has 1 rings (SSSR count). The van der Waals surface area contributed by atoms with Gasteiger partial charge in [-0.15, -0.1) is 0 Å². The lowest BCUT2D eigenvalue weighted by Crippen LogP contribution is -2.00. The second-order valence-corrected chi connectivity index (χ2v) is 4.47. The number of hydrogen-bond acceptors (Lipinski definition) is 4. The lowest BCUT2D eigenvalue weighted by Gasteiger charge is -2.15. The minimum Gasteiger partial charge on any atom is -0.508 e. The van der Waals surface area contributed by atoms with Crippen molar-refractivity contribution in [1.29, 1.82) is 0 Å². The van der Waals surface area contributed by atoms with E-state index in [0.717, 1.165) is 0 Å². The molecule has 6 heteroatoms. The summed E-state index contributed by atoms with van der Waals surface area (Å²) in [4.78, 5) is 0. The number of phenols is 1. The highest BCUT2D eigenvalue weighted by Gasteiger charge is 2.20. The Bertz CT molecular complexity index is 330. The second-order valence-electron chi connectivity index (χ2n) is 2.52. The van der Waals surface area contributed by atoms with Gasteiger partial charge in [0.2, 0.25) is 0 Å². The minimum atomic E-state index is -3.25. The summed E-state index contributed by atoms with van der Waals surface area (Å²) in [6.07, 6.45) is 0. The monoisotopic (exact) mass is 217 g/mol. The van der Waals surface area contributed by atoms with Crippen LogP contribution in [0.1, 0.15) is 0 Å². The molecule has 0 saturated heterocycles. The molecule has 0 aromatic heterocycles. The Labute approximate surface area is 82.3 Å². The van der Waals surface area contributed by atoms with Gasteiger partial charge in [-0.3, -0.25) is 14.1 Å². The van der Waals surface area contributed by atoms with Crippen molar-refractivity contribution in [2.75, 3.05) is 19.3 Å². The van der Waals surface area contributed by atoms with Gasteiger partial charge in [-0.25, -0.2) is 4.57 Å². The fourth-order valence-electron chi connectivity index (χ4n) is 0.860. The maximum absolute atomic E-state index is 11.6. The number of benzene rings is 1. The van der Waals surface area contributed by atoms with Crippen LogP contribution in [0.25, 0.3) is 0 Å². The minimum absolute atomic E-state index is 0.139. The van der Waals surface area contributed by atoms with Crippen LogP contribution in [0, 0.1) is 0 Å². The average molecular weight is 217 g/mol. The number of aromatic hydroxyl groups is 1. The van der Waals surface area contributed by atoms with E-state index < -0.39 is 7.75 Å². The quantitative estimate of drug-likeness (QED) is 0.597. The summed E-state index contributed by atoms with van der Waals surface area (Å²) < 4.78 is 20.9. The Morgan fingerprint density at radius 1 is 1.21 bits per heavy atom. The fraction of sp³-hybridized carbons (Fsp3) is 0.250. The van der Waals surface area contributed by atoms with Crippen molar-refractivity contribution in [3.05, 3.63) is 24.3 Å². The van der Waals surface area contributed by atoms with Crippen LogP contribution in [0.3, 0.4) is 0 Å². The van der Waals surface area contributed by atoms with E-state index in [-0.39, 0.29) is 5.75 Å².